The summed E-state index contributed by atoms with van der Waals surface area (Å²) in [5, 5.41) is 0. The predicted octanol–water partition coefficient (Wildman–Crippen LogP) is 1.42. The van der Waals surface area contributed by atoms with Gasteiger partial charge in [0.05, 0.1) is 5.75 Å². The highest BCUT2D eigenvalue weighted by Crippen LogP contribution is 1.90. The zero-order chi connectivity index (χ0) is 10.7. The van der Waals surface area contributed by atoms with Gasteiger partial charge in [0.25, 0.3) is 10.1 Å². The second-order valence-electron chi connectivity index (χ2n) is 2.78. The Hall–Kier alpha value is -0.130. The first-order chi connectivity index (χ1) is 5.97. The fourth-order valence-electron chi connectivity index (χ4n) is 0.531. The van der Waals surface area contributed by atoms with Gasteiger partial charge in [-0.05, 0) is 19.4 Å². The van der Waals surface area contributed by atoms with Crippen molar-refractivity contribution in [3.63, 3.8) is 0 Å². The Morgan fingerprint density at radius 2 is 1.62 bits per heavy atom. The Balaban J connectivity index is 0. The van der Waals surface area contributed by atoms with Crippen LogP contribution in [-0.4, -0.2) is 25.3 Å². The van der Waals surface area contributed by atoms with Gasteiger partial charge in [-0.3, -0.25) is 4.55 Å². The second-order valence-corrected chi connectivity index (χ2v) is 4.35. The van der Waals surface area contributed by atoms with Crippen LogP contribution in [0.4, 0.5) is 0 Å². The van der Waals surface area contributed by atoms with E-state index in [2.05, 4.69) is 6.92 Å². The van der Waals surface area contributed by atoms with Crippen molar-refractivity contribution in [2.24, 2.45) is 5.73 Å². The average Bonchev–Trinajstić information content (AvgIpc) is 2.02. The normalized spacial score (nSPS) is 10.5. The molecule has 0 rings (SSSR count). The third-order valence-corrected chi connectivity index (χ3v) is 2.12. The summed E-state index contributed by atoms with van der Waals surface area (Å²) in [7, 11) is -3.69. The zero-order valence-electron chi connectivity index (χ0n) is 8.49. The fraction of sp³-hybridized carbons (Fsp3) is 1.00. The molecule has 0 amide bonds. The molecule has 3 N–H and O–H groups in total. The summed E-state index contributed by atoms with van der Waals surface area (Å²) in [4.78, 5) is 0. The molecule has 0 saturated carbocycles. The molecule has 0 aliphatic rings. The molecule has 82 valence electrons. The van der Waals surface area contributed by atoms with E-state index in [0.717, 1.165) is 13.0 Å². The third-order valence-electron chi connectivity index (χ3n) is 1.31. The van der Waals surface area contributed by atoms with Crippen molar-refractivity contribution >= 4 is 10.1 Å². The maximum Gasteiger partial charge on any atom is 0.264 e. The fourth-order valence-corrected chi connectivity index (χ4v) is 1.18. The Kier molecular flexibility index (Phi) is 11.8. The molecule has 0 atom stereocenters. The predicted molar refractivity (Wildman–Crippen MR) is 55.3 cm³/mol. The Morgan fingerprint density at radius 1 is 1.15 bits per heavy atom. The molecule has 0 unspecified atom stereocenters. The monoisotopic (exact) mass is 211 g/mol. The Morgan fingerprint density at radius 3 is 1.69 bits per heavy atom. The van der Waals surface area contributed by atoms with E-state index < -0.39 is 10.1 Å². The molecule has 13 heavy (non-hydrogen) atoms. The molecule has 5 heteroatoms. The summed E-state index contributed by atoms with van der Waals surface area (Å²) in [6.07, 6.45) is 3.72. The number of unbranched alkanes of at least 4 members (excludes halogenated alkanes) is 2. The van der Waals surface area contributed by atoms with E-state index in [0.29, 0.717) is 6.42 Å². The van der Waals surface area contributed by atoms with Crippen LogP contribution in [-0.2, 0) is 10.1 Å². The SMILES string of the molecule is CCCCN.CCCCS(=O)(=O)O. The van der Waals surface area contributed by atoms with Crippen LogP contribution in [0.25, 0.3) is 0 Å². The molecule has 0 saturated heterocycles. The average molecular weight is 211 g/mol. The highest BCUT2D eigenvalue weighted by molar-refractivity contribution is 7.85. The van der Waals surface area contributed by atoms with E-state index >= 15 is 0 Å². The van der Waals surface area contributed by atoms with Crippen LogP contribution >= 0.6 is 0 Å². The van der Waals surface area contributed by atoms with Crippen LogP contribution in [0.1, 0.15) is 39.5 Å². The summed E-state index contributed by atoms with van der Waals surface area (Å²) in [6, 6.07) is 0. The highest BCUT2D eigenvalue weighted by atomic mass is 32.2. The summed E-state index contributed by atoms with van der Waals surface area (Å²) < 4.78 is 28.0. The molecule has 0 aliphatic heterocycles. The molecule has 0 radical (unpaired) electrons. The molecule has 0 bridgehead atoms. The number of hydrogen-bond acceptors (Lipinski definition) is 3. The Labute approximate surface area is 81.3 Å². The topological polar surface area (TPSA) is 80.4 Å². The second kappa shape index (κ2) is 9.95. The minimum atomic E-state index is -3.69. The molecular formula is C8H21NO3S. The van der Waals surface area contributed by atoms with Crippen LogP contribution in [0.2, 0.25) is 0 Å². The van der Waals surface area contributed by atoms with E-state index in [1.54, 1.807) is 0 Å². The maximum absolute atomic E-state index is 9.95. The lowest BCUT2D eigenvalue weighted by atomic mass is 10.3. The van der Waals surface area contributed by atoms with Crippen LogP contribution in [0.3, 0.4) is 0 Å². The van der Waals surface area contributed by atoms with Crippen molar-refractivity contribution in [2.75, 3.05) is 12.3 Å². The van der Waals surface area contributed by atoms with Crippen LogP contribution in [0.5, 0.6) is 0 Å². The lowest BCUT2D eigenvalue weighted by Crippen LogP contribution is -2.02. The maximum atomic E-state index is 9.95. The van der Waals surface area contributed by atoms with Gasteiger partial charge >= 0.3 is 0 Å². The lowest BCUT2D eigenvalue weighted by molar-refractivity contribution is 0.480. The third kappa shape index (κ3) is 24.5. The number of rotatable bonds is 5. The van der Waals surface area contributed by atoms with Crippen molar-refractivity contribution in [1.29, 1.82) is 0 Å². The van der Waals surface area contributed by atoms with Crippen LogP contribution in [0, 0.1) is 0 Å². The van der Waals surface area contributed by atoms with E-state index in [1.807, 2.05) is 6.92 Å². The highest BCUT2D eigenvalue weighted by Gasteiger charge is 2.00. The van der Waals surface area contributed by atoms with Gasteiger partial charge in [-0.15, -0.1) is 0 Å². The van der Waals surface area contributed by atoms with Gasteiger partial charge in [0.1, 0.15) is 0 Å². The molecule has 0 aliphatic carbocycles. The van der Waals surface area contributed by atoms with Crippen LogP contribution < -0.4 is 5.73 Å². The van der Waals surface area contributed by atoms with Crippen molar-refractivity contribution in [3.8, 4) is 0 Å². The quantitative estimate of drug-likeness (QED) is 0.674. The smallest absolute Gasteiger partial charge is 0.264 e. The van der Waals surface area contributed by atoms with Gasteiger partial charge in [0, 0.05) is 0 Å². The van der Waals surface area contributed by atoms with Gasteiger partial charge in [-0.2, -0.15) is 8.42 Å². The van der Waals surface area contributed by atoms with Gasteiger partial charge in [-0.25, -0.2) is 0 Å². The Bertz CT molecular complexity index is 176. The molecule has 0 heterocycles. The summed E-state index contributed by atoms with van der Waals surface area (Å²) >= 11 is 0. The van der Waals surface area contributed by atoms with E-state index in [-0.39, 0.29) is 5.75 Å². The van der Waals surface area contributed by atoms with Crippen molar-refractivity contribution in [3.05, 3.63) is 0 Å². The molecular weight excluding hydrogens is 190 g/mol. The minimum absolute atomic E-state index is 0.108. The summed E-state index contributed by atoms with van der Waals surface area (Å²) in [5.74, 6) is -0.108. The van der Waals surface area contributed by atoms with E-state index in [4.69, 9.17) is 10.3 Å². The molecule has 0 spiro atoms. The molecule has 0 fully saturated rings. The first-order valence-corrected chi connectivity index (χ1v) is 6.24. The van der Waals surface area contributed by atoms with E-state index in [1.165, 1.54) is 12.8 Å². The number of hydrogen-bond donors (Lipinski definition) is 2. The van der Waals surface area contributed by atoms with Crippen molar-refractivity contribution < 1.29 is 13.0 Å². The lowest BCUT2D eigenvalue weighted by Gasteiger charge is -1.90. The molecule has 4 nitrogen and oxygen atoms in total. The standard InChI is InChI=1S/C4H11N.C4H10O3S/c1-2-3-4-5;1-2-3-4-8(5,6)7/h2-5H2,1H3;2-4H2,1H3,(H,5,6,7). The first kappa shape index (κ1) is 15.3. The number of nitrogens with two attached hydrogens (primary N) is 1. The summed E-state index contributed by atoms with van der Waals surface area (Å²) in [6.45, 7) is 4.84. The molecule has 0 aromatic heterocycles. The minimum Gasteiger partial charge on any atom is -0.330 e. The van der Waals surface area contributed by atoms with Gasteiger partial charge in [0.2, 0.25) is 0 Å². The summed E-state index contributed by atoms with van der Waals surface area (Å²) in [5.41, 5.74) is 5.14. The van der Waals surface area contributed by atoms with E-state index in [9.17, 15) is 8.42 Å². The first-order valence-electron chi connectivity index (χ1n) is 4.63. The molecule has 0 aromatic rings. The largest absolute Gasteiger partial charge is 0.330 e. The van der Waals surface area contributed by atoms with Crippen LogP contribution in [0.15, 0.2) is 0 Å². The van der Waals surface area contributed by atoms with Gasteiger partial charge in [-0.1, -0.05) is 26.7 Å². The van der Waals surface area contributed by atoms with Gasteiger partial charge < -0.3 is 5.73 Å². The molecule has 0 aromatic carbocycles. The van der Waals surface area contributed by atoms with Crippen molar-refractivity contribution in [2.45, 2.75) is 39.5 Å². The van der Waals surface area contributed by atoms with Gasteiger partial charge in [0.15, 0.2) is 0 Å². The van der Waals surface area contributed by atoms with Crippen molar-refractivity contribution in [1.82, 2.24) is 0 Å². The zero-order valence-corrected chi connectivity index (χ0v) is 9.31.